The fourth-order valence-electron chi connectivity index (χ4n) is 2.21. The smallest absolute Gasteiger partial charge is 0.323 e. The lowest BCUT2D eigenvalue weighted by molar-refractivity contribution is 0.262. The van der Waals surface area contributed by atoms with Crippen LogP contribution in [0, 0.1) is 0 Å². The van der Waals surface area contributed by atoms with Gasteiger partial charge in [0.2, 0.25) is 10.0 Å². The molecule has 0 fully saturated rings. The molecule has 0 aliphatic carbocycles. The maximum Gasteiger partial charge on any atom is 0.323 e. The predicted octanol–water partition coefficient (Wildman–Crippen LogP) is 2.05. The highest BCUT2D eigenvalue weighted by Crippen LogP contribution is 2.28. The molecule has 0 heterocycles. The predicted molar refractivity (Wildman–Crippen MR) is 97.8 cm³/mol. The normalized spacial score (nSPS) is 10.9. The van der Waals surface area contributed by atoms with Gasteiger partial charge < -0.3 is 20.3 Å². The Morgan fingerprint density at radius 3 is 2.32 bits per heavy atom. The first-order chi connectivity index (χ1) is 11.7. The van der Waals surface area contributed by atoms with Gasteiger partial charge in [-0.3, -0.25) is 0 Å². The van der Waals surface area contributed by atoms with Gasteiger partial charge in [-0.25, -0.2) is 18.4 Å². The van der Waals surface area contributed by atoms with Gasteiger partial charge in [-0.05, 0) is 30.3 Å². The van der Waals surface area contributed by atoms with Gasteiger partial charge in [0.15, 0.2) is 0 Å². The number of ether oxygens (including phenoxy) is 1. The van der Waals surface area contributed by atoms with E-state index in [-0.39, 0.29) is 4.90 Å². The van der Waals surface area contributed by atoms with E-state index in [1.54, 1.807) is 49.3 Å². The van der Waals surface area contributed by atoms with Crippen LogP contribution in [-0.2, 0) is 10.0 Å². The van der Waals surface area contributed by atoms with E-state index in [9.17, 15) is 13.2 Å². The van der Waals surface area contributed by atoms with Crippen molar-refractivity contribution in [2.75, 3.05) is 36.7 Å². The zero-order chi connectivity index (χ0) is 18.6. The number of carbonyl (C=O) groups is 1. The number of hydrogen-bond donors (Lipinski definition) is 3. The van der Waals surface area contributed by atoms with Gasteiger partial charge in [-0.2, -0.15) is 0 Å². The summed E-state index contributed by atoms with van der Waals surface area (Å²) in [6.07, 6.45) is 0. The molecular formula is C16H20N4O4S. The second kappa shape index (κ2) is 7.41. The average molecular weight is 364 g/mol. The lowest BCUT2D eigenvalue weighted by Gasteiger charge is -2.19. The summed E-state index contributed by atoms with van der Waals surface area (Å²) in [4.78, 5) is 14.0. The molecule has 8 nitrogen and oxygen atoms in total. The second-order valence-electron chi connectivity index (χ2n) is 5.40. The van der Waals surface area contributed by atoms with Gasteiger partial charge in [0.05, 0.1) is 29.1 Å². The van der Waals surface area contributed by atoms with Gasteiger partial charge >= 0.3 is 6.03 Å². The molecule has 0 aromatic heterocycles. The number of nitrogens with one attached hydrogen (secondary N) is 2. The summed E-state index contributed by atoms with van der Waals surface area (Å²) < 4.78 is 28.3. The highest BCUT2D eigenvalue weighted by molar-refractivity contribution is 7.89. The molecule has 9 heteroatoms. The zero-order valence-electron chi connectivity index (χ0n) is 14.1. The van der Waals surface area contributed by atoms with Crippen LogP contribution in [0.2, 0.25) is 0 Å². The van der Waals surface area contributed by atoms with E-state index in [1.165, 1.54) is 19.2 Å². The summed E-state index contributed by atoms with van der Waals surface area (Å²) in [5.41, 5.74) is 1.42. The van der Waals surface area contributed by atoms with Crippen LogP contribution in [0.4, 0.5) is 21.9 Å². The second-order valence-corrected chi connectivity index (χ2v) is 6.96. The number of urea groups is 1. The third kappa shape index (κ3) is 4.61. The van der Waals surface area contributed by atoms with Crippen LogP contribution in [-0.4, -0.2) is 35.7 Å². The molecule has 0 radical (unpaired) electrons. The number of primary sulfonamides is 1. The molecular weight excluding hydrogens is 344 g/mol. The molecule has 0 saturated heterocycles. The molecule has 0 unspecified atom stereocenters. The van der Waals surface area contributed by atoms with Crippen molar-refractivity contribution in [2.24, 2.45) is 5.14 Å². The Bertz CT molecular complexity index is 881. The van der Waals surface area contributed by atoms with Gasteiger partial charge in [0.1, 0.15) is 5.75 Å². The summed E-state index contributed by atoms with van der Waals surface area (Å²) in [6, 6.07) is 10.7. The fourth-order valence-corrected chi connectivity index (χ4v) is 2.75. The molecule has 0 spiro atoms. The molecule has 2 rings (SSSR count). The first-order valence-electron chi connectivity index (χ1n) is 7.27. The first-order valence-corrected chi connectivity index (χ1v) is 8.82. The average Bonchev–Trinajstić information content (AvgIpc) is 2.54. The number of carbonyl (C=O) groups excluding carboxylic acids is 1. The van der Waals surface area contributed by atoms with E-state index < -0.39 is 16.1 Å². The summed E-state index contributed by atoms with van der Waals surface area (Å²) in [6.45, 7) is 0. The van der Waals surface area contributed by atoms with Crippen molar-refractivity contribution in [3.8, 4) is 5.75 Å². The van der Waals surface area contributed by atoms with Crippen LogP contribution in [0.25, 0.3) is 0 Å². The van der Waals surface area contributed by atoms with Gasteiger partial charge in [-0.1, -0.05) is 12.1 Å². The van der Waals surface area contributed by atoms with Crippen LogP contribution in [0.1, 0.15) is 0 Å². The van der Waals surface area contributed by atoms with E-state index >= 15 is 0 Å². The van der Waals surface area contributed by atoms with Crippen molar-refractivity contribution in [3.05, 3.63) is 42.5 Å². The molecule has 25 heavy (non-hydrogen) atoms. The minimum atomic E-state index is -3.88. The van der Waals surface area contributed by atoms with Gasteiger partial charge in [0.25, 0.3) is 0 Å². The number of hydrogen-bond acceptors (Lipinski definition) is 5. The Hall–Kier alpha value is -2.78. The summed E-state index contributed by atoms with van der Waals surface area (Å²) >= 11 is 0. The molecule has 134 valence electrons. The number of rotatable bonds is 5. The highest BCUT2D eigenvalue weighted by atomic mass is 32.2. The van der Waals surface area contributed by atoms with Crippen LogP contribution in [0.5, 0.6) is 5.75 Å². The monoisotopic (exact) mass is 364 g/mol. The maximum atomic E-state index is 12.3. The molecule has 0 atom stereocenters. The Morgan fingerprint density at radius 2 is 1.72 bits per heavy atom. The fraction of sp³-hybridized carbons (Fsp3) is 0.188. The number of anilines is 3. The van der Waals surface area contributed by atoms with E-state index in [4.69, 9.17) is 9.88 Å². The third-order valence-electron chi connectivity index (χ3n) is 3.38. The van der Waals surface area contributed by atoms with Crippen molar-refractivity contribution in [1.82, 2.24) is 0 Å². The van der Waals surface area contributed by atoms with Gasteiger partial charge in [0, 0.05) is 14.1 Å². The van der Waals surface area contributed by atoms with E-state index in [1.807, 2.05) is 0 Å². The molecule has 0 aliphatic rings. The van der Waals surface area contributed by atoms with E-state index in [0.29, 0.717) is 22.8 Å². The lowest BCUT2D eigenvalue weighted by atomic mass is 10.2. The largest absolute Gasteiger partial charge is 0.495 e. The van der Waals surface area contributed by atoms with Crippen molar-refractivity contribution >= 4 is 33.1 Å². The van der Waals surface area contributed by atoms with E-state index in [2.05, 4.69) is 10.6 Å². The standard InChI is InChI=1S/C16H20N4O4S/c1-20(2)14-9-8-11(25(17,22)23)10-13(14)19-16(21)18-12-6-4-5-7-15(12)24-3/h4-10H,1-3H3,(H2,17,22,23)(H2,18,19,21). The SMILES string of the molecule is COc1ccccc1NC(=O)Nc1cc(S(N)(=O)=O)ccc1N(C)C. The molecule has 2 aromatic rings. The Labute approximate surface area is 146 Å². The molecule has 0 saturated carbocycles. The van der Waals surface area contributed by atoms with Crippen LogP contribution >= 0.6 is 0 Å². The quantitative estimate of drug-likeness (QED) is 0.751. The summed E-state index contributed by atoms with van der Waals surface area (Å²) in [5, 5.41) is 10.5. The molecule has 0 bridgehead atoms. The highest BCUT2D eigenvalue weighted by Gasteiger charge is 2.15. The number of para-hydroxylation sites is 2. The zero-order valence-corrected chi connectivity index (χ0v) is 14.9. The maximum absolute atomic E-state index is 12.3. The number of amides is 2. The molecule has 4 N–H and O–H groups in total. The Kier molecular flexibility index (Phi) is 5.50. The third-order valence-corrected chi connectivity index (χ3v) is 4.29. The van der Waals surface area contributed by atoms with Crippen molar-refractivity contribution in [2.45, 2.75) is 4.90 Å². The minimum absolute atomic E-state index is 0.0920. The van der Waals surface area contributed by atoms with Crippen LogP contribution < -0.4 is 25.4 Å². The number of sulfonamides is 1. The van der Waals surface area contributed by atoms with Crippen molar-refractivity contribution in [3.63, 3.8) is 0 Å². The molecule has 0 aliphatic heterocycles. The van der Waals surface area contributed by atoms with Crippen LogP contribution in [0.15, 0.2) is 47.4 Å². The Morgan fingerprint density at radius 1 is 1.08 bits per heavy atom. The van der Waals surface area contributed by atoms with Crippen LogP contribution in [0.3, 0.4) is 0 Å². The molecule has 2 amide bonds. The summed E-state index contributed by atoms with van der Waals surface area (Å²) in [5.74, 6) is 0.503. The molecule has 2 aromatic carbocycles. The Balaban J connectivity index is 2.30. The van der Waals surface area contributed by atoms with E-state index in [0.717, 1.165) is 0 Å². The number of nitrogens with zero attached hydrogens (tertiary/aromatic N) is 1. The minimum Gasteiger partial charge on any atom is -0.495 e. The lowest BCUT2D eigenvalue weighted by Crippen LogP contribution is -2.22. The number of nitrogens with two attached hydrogens (primary N) is 1. The number of methoxy groups -OCH3 is 1. The van der Waals surface area contributed by atoms with Crippen molar-refractivity contribution in [1.29, 1.82) is 0 Å². The summed E-state index contributed by atoms with van der Waals surface area (Å²) in [7, 11) is 1.16. The van der Waals surface area contributed by atoms with Crippen molar-refractivity contribution < 1.29 is 17.9 Å². The topological polar surface area (TPSA) is 114 Å². The first kappa shape index (κ1) is 18.6. The number of benzene rings is 2. The van der Waals surface area contributed by atoms with Gasteiger partial charge in [-0.15, -0.1) is 0 Å².